The van der Waals surface area contributed by atoms with Gasteiger partial charge in [0.15, 0.2) is 6.29 Å². The number of carbonyl (C=O) groups excluding carboxylic acids is 1. The SMILES string of the molecule is C[C@H](NCC(O)O)C(=O)[O-].[Na+]. The van der Waals surface area contributed by atoms with Gasteiger partial charge in [0, 0.05) is 12.6 Å². The van der Waals surface area contributed by atoms with Crippen molar-refractivity contribution < 1.29 is 49.7 Å². The van der Waals surface area contributed by atoms with E-state index in [-0.39, 0.29) is 36.1 Å². The van der Waals surface area contributed by atoms with Crippen LogP contribution in [-0.4, -0.2) is 35.1 Å². The number of carboxylic acids is 1. The first-order valence-corrected chi connectivity index (χ1v) is 2.84. The summed E-state index contributed by atoms with van der Waals surface area (Å²) in [7, 11) is 0. The number of aliphatic carboxylic acids is 1. The quantitative estimate of drug-likeness (QED) is 0.289. The van der Waals surface area contributed by atoms with Crippen LogP contribution in [0, 0.1) is 0 Å². The summed E-state index contributed by atoms with van der Waals surface area (Å²) in [4.78, 5) is 9.97. The maximum absolute atomic E-state index is 9.97. The molecule has 0 bridgehead atoms. The molecule has 0 amide bonds. The van der Waals surface area contributed by atoms with Crippen molar-refractivity contribution in [3.63, 3.8) is 0 Å². The summed E-state index contributed by atoms with van der Waals surface area (Å²) in [5, 5.41) is 28.8. The van der Waals surface area contributed by atoms with E-state index in [0.29, 0.717) is 0 Å². The first-order valence-electron chi connectivity index (χ1n) is 2.84. The molecular weight excluding hydrogens is 161 g/mol. The van der Waals surface area contributed by atoms with Gasteiger partial charge in [0.2, 0.25) is 0 Å². The van der Waals surface area contributed by atoms with Gasteiger partial charge < -0.3 is 25.4 Å². The van der Waals surface area contributed by atoms with Gasteiger partial charge in [-0.2, -0.15) is 0 Å². The van der Waals surface area contributed by atoms with Crippen molar-refractivity contribution in [3.8, 4) is 0 Å². The van der Waals surface area contributed by atoms with Crippen molar-refractivity contribution in [1.82, 2.24) is 5.32 Å². The zero-order valence-corrected chi connectivity index (χ0v) is 8.57. The van der Waals surface area contributed by atoms with Gasteiger partial charge >= 0.3 is 29.6 Å². The predicted molar refractivity (Wildman–Crippen MR) is 30.7 cm³/mol. The van der Waals surface area contributed by atoms with Gasteiger partial charge in [-0.3, -0.25) is 0 Å². The summed E-state index contributed by atoms with van der Waals surface area (Å²) in [5.74, 6) is -1.26. The van der Waals surface area contributed by atoms with Crippen LogP contribution in [0.15, 0.2) is 0 Å². The van der Waals surface area contributed by atoms with Crippen LogP contribution in [-0.2, 0) is 4.79 Å². The van der Waals surface area contributed by atoms with E-state index in [4.69, 9.17) is 10.2 Å². The Kier molecular flexibility index (Phi) is 8.88. The fraction of sp³-hybridized carbons (Fsp3) is 0.800. The third-order valence-electron chi connectivity index (χ3n) is 0.960. The second-order valence-corrected chi connectivity index (χ2v) is 1.93. The Morgan fingerprint density at radius 2 is 2.09 bits per heavy atom. The Balaban J connectivity index is 0. The van der Waals surface area contributed by atoms with Gasteiger partial charge in [-0.15, -0.1) is 0 Å². The molecule has 0 fully saturated rings. The smallest absolute Gasteiger partial charge is 0.548 e. The van der Waals surface area contributed by atoms with Crippen LogP contribution in [0.4, 0.5) is 0 Å². The maximum Gasteiger partial charge on any atom is 1.00 e. The molecule has 11 heavy (non-hydrogen) atoms. The molecule has 0 aliphatic carbocycles. The van der Waals surface area contributed by atoms with E-state index in [1.165, 1.54) is 6.92 Å². The zero-order chi connectivity index (χ0) is 8.15. The average Bonchev–Trinajstić information content (AvgIpc) is 1.82. The van der Waals surface area contributed by atoms with Crippen LogP contribution in [0.25, 0.3) is 0 Å². The third-order valence-corrected chi connectivity index (χ3v) is 0.960. The zero-order valence-electron chi connectivity index (χ0n) is 6.57. The number of hydrogen-bond donors (Lipinski definition) is 3. The van der Waals surface area contributed by atoms with Crippen molar-refractivity contribution in [2.75, 3.05) is 6.54 Å². The summed E-state index contributed by atoms with van der Waals surface area (Å²) >= 11 is 0. The van der Waals surface area contributed by atoms with E-state index in [1.54, 1.807) is 0 Å². The van der Waals surface area contributed by atoms with Crippen molar-refractivity contribution in [3.05, 3.63) is 0 Å². The second-order valence-electron chi connectivity index (χ2n) is 1.93. The molecule has 0 radical (unpaired) electrons. The van der Waals surface area contributed by atoms with Crippen LogP contribution in [0.2, 0.25) is 0 Å². The van der Waals surface area contributed by atoms with Crippen LogP contribution in [0.1, 0.15) is 6.92 Å². The van der Waals surface area contributed by atoms with Gasteiger partial charge in [0.25, 0.3) is 0 Å². The molecule has 5 nitrogen and oxygen atoms in total. The molecule has 0 spiro atoms. The standard InChI is InChI=1S/C5H11NO4.Na/c1-3(5(9)10)6-2-4(7)8;/h3-4,6-8H,2H2,1H3,(H,9,10);/q;+1/p-1/t3-;/m0./s1. The van der Waals surface area contributed by atoms with Gasteiger partial charge in [0.05, 0.1) is 5.97 Å². The first kappa shape index (κ1) is 13.9. The van der Waals surface area contributed by atoms with Crippen LogP contribution >= 0.6 is 0 Å². The molecule has 60 valence electrons. The minimum absolute atomic E-state index is 0. The number of aliphatic hydroxyl groups excluding tert-OH is 1. The molecule has 0 saturated carbocycles. The Labute approximate surface area is 86.7 Å². The summed E-state index contributed by atoms with van der Waals surface area (Å²) in [5.41, 5.74) is 0. The Morgan fingerprint density at radius 1 is 1.64 bits per heavy atom. The third kappa shape index (κ3) is 8.25. The maximum atomic E-state index is 9.97. The number of nitrogens with one attached hydrogen (secondary N) is 1. The molecule has 0 heterocycles. The Bertz CT molecular complexity index is 119. The number of carbonyl (C=O) groups is 1. The number of hydrogen-bond acceptors (Lipinski definition) is 5. The molecule has 6 heteroatoms. The van der Waals surface area contributed by atoms with Crippen molar-refractivity contribution in [2.24, 2.45) is 0 Å². The van der Waals surface area contributed by atoms with E-state index < -0.39 is 18.3 Å². The fourth-order valence-corrected chi connectivity index (χ4v) is 0.366. The Morgan fingerprint density at radius 3 is 2.36 bits per heavy atom. The van der Waals surface area contributed by atoms with Crippen molar-refractivity contribution in [1.29, 1.82) is 0 Å². The molecule has 0 rings (SSSR count). The molecule has 0 aliphatic rings. The van der Waals surface area contributed by atoms with Crippen molar-refractivity contribution in [2.45, 2.75) is 19.3 Å². The molecular formula is C5H10NNaO4. The monoisotopic (exact) mass is 171 g/mol. The van der Waals surface area contributed by atoms with Crippen LogP contribution in [0.5, 0.6) is 0 Å². The fourth-order valence-electron chi connectivity index (χ4n) is 0.366. The number of aliphatic hydroxyl groups is 2. The molecule has 0 aliphatic heterocycles. The number of rotatable bonds is 4. The number of carboxylic acid groups (broad SMARTS) is 1. The second kappa shape index (κ2) is 7.02. The predicted octanol–water partition coefficient (Wildman–Crippen LogP) is -5.97. The minimum Gasteiger partial charge on any atom is -0.548 e. The summed E-state index contributed by atoms with van der Waals surface area (Å²) in [6.07, 6.45) is -1.53. The first-order chi connectivity index (χ1) is 4.54. The minimum atomic E-state index is -1.53. The van der Waals surface area contributed by atoms with Crippen LogP contribution < -0.4 is 40.0 Å². The van der Waals surface area contributed by atoms with Crippen LogP contribution in [0.3, 0.4) is 0 Å². The normalized spacial score (nSPS) is 12.4. The van der Waals surface area contributed by atoms with Gasteiger partial charge in [0.1, 0.15) is 0 Å². The molecule has 1 atom stereocenters. The topological polar surface area (TPSA) is 92.6 Å². The Hall–Kier alpha value is 0.350. The molecule has 3 N–H and O–H groups in total. The molecule has 0 aromatic carbocycles. The van der Waals surface area contributed by atoms with E-state index in [0.717, 1.165) is 0 Å². The van der Waals surface area contributed by atoms with Gasteiger partial charge in [-0.05, 0) is 6.92 Å². The summed E-state index contributed by atoms with van der Waals surface area (Å²) in [6, 6.07) is -0.859. The van der Waals surface area contributed by atoms with Gasteiger partial charge in [-0.25, -0.2) is 0 Å². The molecule has 0 saturated heterocycles. The molecule has 0 unspecified atom stereocenters. The van der Waals surface area contributed by atoms with E-state index in [1.807, 2.05) is 0 Å². The van der Waals surface area contributed by atoms with E-state index >= 15 is 0 Å². The van der Waals surface area contributed by atoms with E-state index in [9.17, 15) is 9.90 Å². The molecule has 0 aromatic rings. The summed E-state index contributed by atoms with van der Waals surface area (Å²) < 4.78 is 0. The molecule has 0 aromatic heterocycles. The summed E-state index contributed by atoms with van der Waals surface area (Å²) in [6.45, 7) is 1.19. The van der Waals surface area contributed by atoms with Crippen molar-refractivity contribution >= 4 is 5.97 Å². The average molecular weight is 171 g/mol. The van der Waals surface area contributed by atoms with E-state index in [2.05, 4.69) is 5.32 Å². The van der Waals surface area contributed by atoms with Gasteiger partial charge in [-0.1, -0.05) is 0 Å². The largest absolute Gasteiger partial charge is 1.00 e.